The predicted octanol–water partition coefficient (Wildman–Crippen LogP) is 0.465. The molecule has 0 heterocycles. The average molecular weight is 206 g/mol. The van der Waals surface area contributed by atoms with Crippen molar-refractivity contribution < 1.29 is 14.7 Å². The highest BCUT2D eigenvalue weighted by Gasteiger charge is 2.07. The molecule has 0 radical (unpaired) electrons. The lowest BCUT2D eigenvalue weighted by molar-refractivity contribution is -0.113. The summed E-state index contributed by atoms with van der Waals surface area (Å²) >= 11 is 0. The highest BCUT2D eigenvalue weighted by Crippen LogP contribution is 2.15. The molecule has 1 aromatic carbocycles. The second kappa shape index (κ2) is 4.28. The van der Waals surface area contributed by atoms with Crippen LogP contribution in [0.4, 0.5) is 5.69 Å². The lowest BCUT2D eigenvalue weighted by Gasteiger charge is -2.01. The van der Waals surface area contributed by atoms with Crippen LogP contribution in [-0.4, -0.2) is 17.0 Å². The molecule has 1 rings (SSSR count). The van der Waals surface area contributed by atoms with Gasteiger partial charge >= 0.3 is 5.97 Å². The van der Waals surface area contributed by atoms with Crippen molar-refractivity contribution in [1.82, 2.24) is 0 Å². The number of carboxylic acid groups (broad SMARTS) is 1. The van der Waals surface area contributed by atoms with Crippen molar-refractivity contribution in [2.24, 2.45) is 5.73 Å². The van der Waals surface area contributed by atoms with Gasteiger partial charge in [0.2, 0.25) is 5.91 Å². The molecule has 15 heavy (non-hydrogen) atoms. The Morgan fingerprint density at radius 3 is 2.53 bits per heavy atom. The van der Waals surface area contributed by atoms with Crippen molar-refractivity contribution in [3.05, 3.63) is 35.4 Å². The van der Waals surface area contributed by atoms with E-state index in [1.807, 2.05) is 0 Å². The van der Waals surface area contributed by atoms with Crippen molar-refractivity contribution in [3.63, 3.8) is 0 Å². The van der Waals surface area contributed by atoms with Crippen LogP contribution in [0.5, 0.6) is 0 Å². The zero-order valence-electron chi connectivity index (χ0n) is 7.81. The molecule has 0 saturated carbocycles. The van der Waals surface area contributed by atoms with Gasteiger partial charge in [0.15, 0.2) is 0 Å². The van der Waals surface area contributed by atoms with E-state index in [1.54, 1.807) is 6.07 Å². The molecular formula is C10H10N2O3. The van der Waals surface area contributed by atoms with Gasteiger partial charge in [0.25, 0.3) is 0 Å². The Balaban J connectivity index is 3.17. The number of hydrogen-bond acceptors (Lipinski definition) is 3. The van der Waals surface area contributed by atoms with Gasteiger partial charge in [-0.1, -0.05) is 6.07 Å². The summed E-state index contributed by atoms with van der Waals surface area (Å²) in [4.78, 5) is 21.3. The first-order valence-electron chi connectivity index (χ1n) is 4.11. The predicted molar refractivity (Wildman–Crippen MR) is 56.0 cm³/mol. The molecule has 5 N–H and O–H groups in total. The molecule has 5 nitrogen and oxygen atoms in total. The molecule has 0 bridgehead atoms. The Kier molecular flexibility index (Phi) is 3.07. The van der Waals surface area contributed by atoms with Crippen LogP contribution in [0.3, 0.4) is 0 Å². The van der Waals surface area contributed by atoms with Gasteiger partial charge in [-0.05, 0) is 23.8 Å². The fraction of sp³-hybridized carbons (Fsp3) is 0. The Bertz CT molecular complexity index is 438. The van der Waals surface area contributed by atoms with Gasteiger partial charge in [0.05, 0.1) is 5.56 Å². The maximum atomic E-state index is 10.8. The number of anilines is 1. The molecule has 0 aliphatic carbocycles. The van der Waals surface area contributed by atoms with E-state index in [-0.39, 0.29) is 5.56 Å². The van der Waals surface area contributed by atoms with Crippen molar-refractivity contribution in [2.75, 3.05) is 5.73 Å². The topological polar surface area (TPSA) is 106 Å². The number of hydrogen-bond donors (Lipinski definition) is 3. The number of benzene rings is 1. The number of carboxylic acids is 1. The third kappa shape index (κ3) is 2.84. The first kappa shape index (κ1) is 10.8. The average Bonchev–Trinajstić information content (AvgIpc) is 2.15. The highest BCUT2D eigenvalue weighted by molar-refractivity contribution is 5.96. The van der Waals surface area contributed by atoms with Crippen LogP contribution in [0.15, 0.2) is 24.3 Å². The third-order valence-electron chi connectivity index (χ3n) is 1.73. The van der Waals surface area contributed by atoms with Gasteiger partial charge in [0, 0.05) is 11.8 Å². The standard InChI is InChI=1S/C10H10N2O3/c11-7-3-1-6(2-4-9(12)13)8(5-7)10(14)15/h1-5H,11H2,(H2,12,13)(H,14,15). The van der Waals surface area contributed by atoms with Gasteiger partial charge in [-0.25, -0.2) is 4.79 Å². The molecular weight excluding hydrogens is 196 g/mol. The van der Waals surface area contributed by atoms with Crippen LogP contribution in [0, 0.1) is 0 Å². The van der Waals surface area contributed by atoms with E-state index < -0.39 is 11.9 Å². The molecule has 0 aliphatic heterocycles. The molecule has 0 spiro atoms. The summed E-state index contributed by atoms with van der Waals surface area (Å²) in [5.41, 5.74) is 11.1. The Hall–Kier alpha value is -2.30. The van der Waals surface area contributed by atoms with Crippen molar-refractivity contribution in [3.8, 4) is 0 Å². The number of nitrogens with two attached hydrogens (primary N) is 2. The summed E-state index contributed by atoms with van der Waals surface area (Å²) in [6.45, 7) is 0. The summed E-state index contributed by atoms with van der Waals surface area (Å²) < 4.78 is 0. The summed E-state index contributed by atoms with van der Waals surface area (Å²) in [6.07, 6.45) is 2.43. The maximum absolute atomic E-state index is 10.8. The fourth-order valence-electron chi connectivity index (χ4n) is 1.08. The first-order chi connectivity index (χ1) is 7.00. The van der Waals surface area contributed by atoms with Gasteiger partial charge in [-0.3, -0.25) is 4.79 Å². The second-order valence-corrected chi connectivity index (χ2v) is 2.89. The van der Waals surface area contributed by atoms with Gasteiger partial charge in [-0.2, -0.15) is 0 Å². The number of carbonyl (C=O) groups excluding carboxylic acids is 1. The monoisotopic (exact) mass is 206 g/mol. The Labute approximate surface area is 86.0 Å². The number of carbonyl (C=O) groups is 2. The van der Waals surface area contributed by atoms with Crippen LogP contribution in [0.2, 0.25) is 0 Å². The molecule has 78 valence electrons. The SMILES string of the molecule is NC(=O)C=Cc1ccc(N)cc1C(=O)O. The lowest BCUT2D eigenvalue weighted by atomic mass is 10.1. The fourth-order valence-corrected chi connectivity index (χ4v) is 1.08. The zero-order valence-corrected chi connectivity index (χ0v) is 7.81. The number of primary amides is 1. The highest BCUT2D eigenvalue weighted by atomic mass is 16.4. The normalized spacial score (nSPS) is 10.4. The van der Waals surface area contributed by atoms with Crippen molar-refractivity contribution in [2.45, 2.75) is 0 Å². The van der Waals surface area contributed by atoms with E-state index in [1.165, 1.54) is 18.2 Å². The van der Waals surface area contributed by atoms with Crippen molar-refractivity contribution >= 4 is 23.6 Å². The lowest BCUT2D eigenvalue weighted by Crippen LogP contribution is -2.06. The second-order valence-electron chi connectivity index (χ2n) is 2.89. The van der Waals surface area contributed by atoms with E-state index in [0.29, 0.717) is 11.3 Å². The minimum atomic E-state index is -1.11. The van der Waals surface area contributed by atoms with E-state index in [2.05, 4.69) is 0 Å². The molecule has 1 aromatic rings. The maximum Gasteiger partial charge on any atom is 0.336 e. The molecule has 0 saturated heterocycles. The number of nitrogen functional groups attached to an aromatic ring is 1. The van der Waals surface area contributed by atoms with E-state index in [0.717, 1.165) is 6.08 Å². The van der Waals surface area contributed by atoms with Crippen LogP contribution in [0.25, 0.3) is 6.08 Å². The van der Waals surface area contributed by atoms with Gasteiger partial charge in [0.1, 0.15) is 0 Å². The zero-order chi connectivity index (χ0) is 11.4. The Morgan fingerprint density at radius 2 is 2.00 bits per heavy atom. The summed E-state index contributed by atoms with van der Waals surface area (Å²) in [7, 11) is 0. The number of aromatic carboxylic acids is 1. The van der Waals surface area contributed by atoms with E-state index in [9.17, 15) is 9.59 Å². The van der Waals surface area contributed by atoms with Crippen LogP contribution in [-0.2, 0) is 4.79 Å². The largest absolute Gasteiger partial charge is 0.478 e. The molecule has 0 aromatic heterocycles. The van der Waals surface area contributed by atoms with Gasteiger partial charge in [-0.15, -0.1) is 0 Å². The minimum Gasteiger partial charge on any atom is -0.478 e. The van der Waals surface area contributed by atoms with Crippen molar-refractivity contribution in [1.29, 1.82) is 0 Å². The summed E-state index contributed by atoms with van der Waals surface area (Å²) in [5, 5.41) is 8.85. The molecule has 5 heteroatoms. The molecule has 0 fully saturated rings. The smallest absolute Gasteiger partial charge is 0.336 e. The summed E-state index contributed by atoms with van der Waals surface area (Å²) in [5.74, 6) is -1.74. The Morgan fingerprint density at radius 1 is 1.33 bits per heavy atom. The minimum absolute atomic E-state index is 0.0347. The first-order valence-corrected chi connectivity index (χ1v) is 4.11. The quantitative estimate of drug-likeness (QED) is 0.493. The molecule has 0 aliphatic rings. The summed E-state index contributed by atoms with van der Waals surface area (Å²) in [6, 6.07) is 4.38. The van der Waals surface area contributed by atoms with E-state index in [4.69, 9.17) is 16.6 Å². The number of amides is 1. The van der Waals surface area contributed by atoms with Crippen LogP contribution >= 0.6 is 0 Å². The van der Waals surface area contributed by atoms with Crippen LogP contribution in [0.1, 0.15) is 15.9 Å². The molecule has 1 amide bonds. The number of rotatable bonds is 3. The third-order valence-corrected chi connectivity index (χ3v) is 1.73. The van der Waals surface area contributed by atoms with Gasteiger partial charge < -0.3 is 16.6 Å². The molecule has 0 unspecified atom stereocenters. The molecule has 0 atom stereocenters. The van der Waals surface area contributed by atoms with Crippen LogP contribution < -0.4 is 11.5 Å². The van der Waals surface area contributed by atoms with E-state index >= 15 is 0 Å².